The predicted octanol–water partition coefficient (Wildman–Crippen LogP) is 0.781. The van der Waals surface area contributed by atoms with Crippen molar-refractivity contribution in [2.45, 2.75) is 31.7 Å². The van der Waals surface area contributed by atoms with E-state index in [1.807, 2.05) is 4.90 Å². The van der Waals surface area contributed by atoms with Gasteiger partial charge >= 0.3 is 0 Å². The SMILES string of the molecule is O=C(N[C@@H]1CCCN(C(=O)C2CC2)C1)C(=O)c1cccnc1. The number of amides is 2. The van der Waals surface area contributed by atoms with Gasteiger partial charge in [-0.1, -0.05) is 0 Å². The van der Waals surface area contributed by atoms with Crippen molar-refractivity contribution in [3.05, 3.63) is 30.1 Å². The molecule has 0 aromatic carbocycles. The summed E-state index contributed by atoms with van der Waals surface area (Å²) in [4.78, 5) is 41.8. The molecule has 2 amide bonds. The molecule has 1 N–H and O–H groups in total. The highest BCUT2D eigenvalue weighted by molar-refractivity contribution is 6.42. The zero-order chi connectivity index (χ0) is 15.5. The van der Waals surface area contributed by atoms with E-state index in [-0.39, 0.29) is 23.4 Å². The van der Waals surface area contributed by atoms with Crippen LogP contribution in [0, 0.1) is 5.92 Å². The minimum absolute atomic E-state index is 0.149. The fraction of sp³-hybridized carbons (Fsp3) is 0.500. The van der Waals surface area contributed by atoms with Crippen LogP contribution in [0.1, 0.15) is 36.0 Å². The molecule has 0 unspecified atom stereocenters. The van der Waals surface area contributed by atoms with Gasteiger partial charge < -0.3 is 10.2 Å². The fourth-order valence-electron chi connectivity index (χ4n) is 2.76. The molecule has 6 heteroatoms. The molecule has 1 atom stereocenters. The largest absolute Gasteiger partial charge is 0.345 e. The standard InChI is InChI=1S/C16H19N3O3/c20-14(12-3-1-7-17-9-12)15(21)18-13-4-2-8-19(10-13)16(22)11-5-6-11/h1,3,7,9,11,13H,2,4-6,8,10H2,(H,18,21)/t13-/m1/s1. The number of carbonyl (C=O) groups excluding carboxylic acids is 3. The predicted molar refractivity (Wildman–Crippen MR) is 79.0 cm³/mol. The second-order valence-corrected chi connectivity index (χ2v) is 5.94. The van der Waals surface area contributed by atoms with Gasteiger partial charge in [0.25, 0.3) is 11.7 Å². The van der Waals surface area contributed by atoms with Crippen LogP contribution in [0.3, 0.4) is 0 Å². The first-order valence-corrected chi connectivity index (χ1v) is 7.69. The van der Waals surface area contributed by atoms with Crippen molar-refractivity contribution in [2.24, 2.45) is 5.92 Å². The number of Topliss-reactive ketones (excluding diaryl/α,β-unsaturated/α-hetero) is 1. The van der Waals surface area contributed by atoms with E-state index in [9.17, 15) is 14.4 Å². The Labute approximate surface area is 128 Å². The average Bonchev–Trinajstić information content (AvgIpc) is 3.39. The topological polar surface area (TPSA) is 79.4 Å². The lowest BCUT2D eigenvalue weighted by Crippen LogP contribution is -2.51. The third-order valence-corrected chi connectivity index (χ3v) is 4.12. The number of likely N-dealkylation sites (tertiary alicyclic amines) is 1. The summed E-state index contributed by atoms with van der Waals surface area (Å²) in [5.41, 5.74) is 0.279. The fourth-order valence-corrected chi connectivity index (χ4v) is 2.76. The van der Waals surface area contributed by atoms with Crippen LogP contribution in [0.25, 0.3) is 0 Å². The van der Waals surface area contributed by atoms with Crippen LogP contribution in [0.2, 0.25) is 0 Å². The maximum Gasteiger partial charge on any atom is 0.292 e. The molecule has 6 nitrogen and oxygen atoms in total. The number of aromatic nitrogens is 1. The third kappa shape index (κ3) is 3.32. The van der Waals surface area contributed by atoms with Crippen LogP contribution < -0.4 is 5.32 Å². The Balaban J connectivity index is 1.56. The summed E-state index contributed by atoms with van der Waals surface area (Å²) in [6.45, 7) is 1.25. The van der Waals surface area contributed by atoms with Crippen LogP contribution in [0.15, 0.2) is 24.5 Å². The first kappa shape index (κ1) is 14.7. The molecule has 2 fully saturated rings. The van der Waals surface area contributed by atoms with Crippen LogP contribution in [0.4, 0.5) is 0 Å². The Morgan fingerprint density at radius 2 is 2.05 bits per heavy atom. The number of piperidine rings is 1. The highest BCUT2D eigenvalue weighted by atomic mass is 16.2. The van der Waals surface area contributed by atoms with E-state index in [2.05, 4.69) is 10.3 Å². The molecule has 2 aliphatic rings. The number of nitrogens with zero attached hydrogens (tertiary/aromatic N) is 2. The van der Waals surface area contributed by atoms with Gasteiger partial charge in [0.05, 0.1) is 0 Å². The molecule has 1 saturated carbocycles. The van der Waals surface area contributed by atoms with Gasteiger partial charge in [-0.2, -0.15) is 0 Å². The minimum Gasteiger partial charge on any atom is -0.345 e. The second-order valence-electron chi connectivity index (χ2n) is 5.94. The van der Waals surface area contributed by atoms with Gasteiger partial charge in [-0.3, -0.25) is 19.4 Å². The third-order valence-electron chi connectivity index (χ3n) is 4.12. The smallest absolute Gasteiger partial charge is 0.292 e. The lowest BCUT2D eigenvalue weighted by molar-refractivity contribution is -0.134. The molecule has 1 aliphatic heterocycles. The molecule has 22 heavy (non-hydrogen) atoms. The molecule has 2 heterocycles. The number of rotatable bonds is 4. The van der Waals surface area contributed by atoms with E-state index in [1.165, 1.54) is 6.20 Å². The van der Waals surface area contributed by atoms with Gasteiger partial charge in [0.1, 0.15) is 0 Å². The monoisotopic (exact) mass is 301 g/mol. The van der Waals surface area contributed by atoms with E-state index in [0.29, 0.717) is 6.54 Å². The lowest BCUT2D eigenvalue weighted by atomic mass is 10.0. The second kappa shape index (κ2) is 6.25. The van der Waals surface area contributed by atoms with Crippen molar-refractivity contribution in [1.29, 1.82) is 0 Å². The summed E-state index contributed by atoms with van der Waals surface area (Å²) < 4.78 is 0. The maximum atomic E-state index is 12.1. The van der Waals surface area contributed by atoms with Gasteiger partial charge in [0, 0.05) is 43.0 Å². The van der Waals surface area contributed by atoms with Crippen molar-refractivity contribution in [1.82, 2.24) is 15.2 Å². The summed E-state index contributed by atoms with van der Waals surface area (Å²) in [5.74, 6) is -0.832. The van der Waals surface area contributed by atoms with E-state index >= 15 is 0 Å². The molecule has 1 aromatic rings. The zero-order valence-corrected chi connectivity index (χ0v) is 12.3. The first-order valence-electron chi connectivity index (χ1n) is 7.69. The number of pyridine rings is 1. The van der Waals surface area contributed by atoms with Crippen molar-refractivity contribution in [3.8, 4) is 0 Å². The maximum absolute atomic E-state index is 12.1. The summed E-state index contributed by atoms with van der Waals surface area (Å²) in [7, 11) is 0. The van der Waals surface area contributed by atoms with Crippen LogP contribution in [-0.4, -0.2) is 46.6 Å². The molecule has 1 saturated heterocycles. The average molecular weight is 301 g/mol. The summed E-state index contributed by atoms with van der Waals surface area (Å²) in [6.07, 6.45) is 6.53. The van der Waals surface area contributed by atoms with Crippen molar-refractivity contribution in [2.75, 3.05) is 13.1 Å². The molecular formula is C16H19N3O3. The normalized spacial score (nSPS) is 21.3. The zero-order valence-electron chi connectivity index (χ0n) is 12.3. The van der Waals surface area contributed by atoms with E-state index in [0.717, 1.165) is 32.2 Å². The number of hydrogen-bond acceptors (Lipinski definition) is 4. The molecule has 3 rings (SSSR count). The van der Waals surface area contributed by atoms with Crippen LogP contribution in [0.5, 0.6) is 0 Å². The number of nitrogens with one attached hydrogen (secondary N) is 1. The molecule has 1 aliphatic carbocycles. The Hall–Kier alpha value is -2.24. The Kier molecular flexibility index (Phi) is 4.18. The summed E-state index contributed by atoms with van der Waals surface area (Å²) in [6, 6.07) is 3.04. The van der Waals surface area contributed by atoms with E-state index in [1.54, 1.807) is 18.3 Å². The van der Waals surface area contributed by atoms with Crippen molar-refractivity contribution < 1.29 is 14.4 Å². The Morgan fingerprint density at radius 3 is 2.73 bits per heavy atom. The lowest BCUT2D eigenvalue weighted by Gasteiger charge is -2.33. The van der Waals surface area contributed by atoms with Gasteiger partial charge in [-0.25, -0.2) is 0 Å². The minimum atomic E-state index is -0.626. The molecule has 0 spiro atoms. The number of carbonyl (C=O) groups is 3. The van der Waals surface area contributed by atoms with Gasteiger partial charge in [0.15, 0.2) is 0 Å². The number of hydrogen-bond donors (Lipinski definition) is 1. The Morgan fingerprint density at radius 1 is 1.23 bits per heavy atom. The molecule has 0 radical (unpaired) electrons. The van der Waals surface area contributed by atoms with Gasteiger partial charge in [-0.05, 0) is 37.8 Å². The van der Waals surface area contributed by atoms with Gasteiger partial charge in [-0.15, -0.1) is 0 Å². The van der Waals surface area contributed by atoms with Crippen LogP contribution >= 0.6 is 0 Å². The van der Waals surface area contributed by atoms with E-state index < -0.39 is 11.7 Å². The molecule has 116 valence electrons. The van der Waals surface area contributed by atoms with Gasteiger partial charge in [0.2, 0.25) is 5.91 Å². The molecule has 0 bridgehead atoms. The van der Waals surface area contributed by atoms with E-state index in [4.69, 9.17) is 0 Å². The highest BCUT2D eigenvalue weighted by Crippen LogP contribution is 2.31. The molecule has 1 aromatic heterocycles. The van der Waals surface area contributed by atoms with Crippen LogP contribution in [-0.2, 0) is 9.59 Å². The summed E-state index contributed by atoms with van der Waals surface area (Å²) >= 11 is 0. The molecular weight excluding hydrogens is 282 g/mol. The van der Waals surface area contributed by atoms with Crippen molar-refractivity contribution in [3.63, 3.8) is 0 Å². The highest BCUT2D eigenvalue weighted by Gasteiger charge is 2.35. The number of ketones is 1. The Bertz CT molecular complexity index is 584. The van der Waals surface area contributed by atoms with Crippen molar-refractivity contribution >= 4 is 17.6 Å². The summed E-state index contributed by atoms with van der Waals surface area (Å²) in [5, 5.41) is 2.75. The first-order chi connectivity index (χ1) is 10.6. The quantitative estimate of drug-likeness (QED) is 0.658.